The third-order valence-electron chi connectivity index (χ3n) is 9.36. The molecular formula is C34H39N5O3. The summed E-state index contributed by atoms with van der Waals surface area (Å²) in [6.07, 6.45) is 13.7. The number of amides is 3. The SMILES string of the molecule is CC/C=C1/C[C@]2(C/C1=C/CNC(=O)CN1C(=O)C(c3ccccc3C)=NC13CCCCCC3)C(=O)Nc1ncccc12. The molecule has 0 bridgehead atoms. The number of fused-ring (bicyclic) bond motifs is 2. The van der Waals surface area contributed by atoms with Crippen LogP contribution < -0.4 is 10.6 Å². The summed E-state index contributed by atoms with van der Waals surface area (Å²) >= 11 is 0. The molecular weight excluding hydrogens is 526 g/mol. The van der Waals surface area contributed by atoms with Gasteiger partial charge in [0, 0.05) is 23.9 Å². The van der Waals surface area contributed by atoms with Crippen LogP contribution in [0.15, 0.2) is 70.9 Å². The number of aryl methyl sites for hydroxylation is 1. The highest BCUT2D eigenvalue weighted by Gasteiger charge is 2.52. The van der Waals surface area contributed by atoms with Crippen LogP contribution in [0.4, 0.5) is 5.82 Å². The van der Waals surface area contributed by atoms with Crippen LogP contribution in [0.25, 0.3) is 0 Å². The zero-order valence-electron chi connectivity index (χ0n) is 24.5. The number of rotatable bonds is 6. The summed E-state index contributed by atoms with van der Waals surface area (Å²) in [5.74, 6) is 0.260. The summed E-state index contributed by atoms with van der Waals surface area (Å²) in [5, 5.41) is 5.99. The number of benzene rings is 1. The van der Waals surface area contributed by atoms with Crippen molar-refractivity contribution in [1.82, 2.24) is 15.2 Å². The molecule has 42 heavy (non-hydrogen) atoms. The zero-order valence-corrected chi connectivity index (χ0v) is 24.5. The van der Waals surface area contributed by atoms with Crippen LogP contribution in [0.1, 0.15) is 81.4 Å². The molecule has 1 atom stereocenters. The molecule has 6 rings (SSSR count). The largest absolute Gasteiger partial charge is 0.351 e. The number of carbonyl (C=O) groups excluding carboxylic acids is 3. The van der Waals surface area contributed by atoms with Crippen LogP contribution in [-0.2, 0) is 19.8 Å². The Kier molecular flexibility index (Phi) is 7.56. The first kappa shape index (κ1) is 28.1. The minimum Gasteiger partial charge on any atom is -0.351 e. The van der Waals surface area contributed by atoms with E-state index in [-0.39, 0.29) is 24.3 Å². The van der Waals surface area contributed by atoms with E-state index < -0.39 is 11.1 Å². The molecule has 1 aromatic heterocycles. The molecule has 0 unspecified atom stereocenters. The van der Waals surface area contributed by atoms with Gasteiger partial charge in [0.1, 0.15) is 23.7 Å². The number of aliphatic imine (C=N–C) groups is 1. The highest BCUT2D eigenvalue weighted by molar-refractivity contribution is 6.47. The maximum atomic E-state index is 13.8. The van der Waals surface area contributed by atoms with Gasteiger partial charge in [-0.05, 0) is 74.6 Å². The van der Waals surface area contributed by atoms with Crippen LogP contribution in [0.5, 0.6) is 0 Å². The summed E-state index contributed by atoms with van der Waals surface area (Å²) in [7, 11) is 0. The lowest BCUT2D eigenvalue weighted by Gasteiger charge is -2.35. The van der Waals surface area contributed by atoms with Gasteiger partial charge >= 0.3 is 0 Å². The molecule has 1 aromatic carbocycles. The third-order valence-corrected chi connectivity index (χ3v) is 9.36. The molecule has 3 heterocycles. The number of nitrogens with one attached hydrogen (secondary N) is 2. The standard InChI is InChI=1S/C34H39N5O3/c1-3-11-24-20-33(27-14-10-18-36-30(27)37-32(33)42)21-25(24)15-19-35-28(40)22-39-31(41)29(26-13-7-6-12-23(26)2)38-34(39)16-8-4-5-9-17-34/h6-7,10-15,18H,3-5,8-9,16-17,19-22H2,1-2H3,(H,35,40)(H,36,37,42)/b24-11-,25-15-/t33-/m1/s1. The number of nitrogens with zero attached hydrogens (tertiary/aromatic N) is 3. The van der Waals surface area contributed by atoms with E-state index >= 15 is 0 Å². The second-order valence-corrected chi connectivity index (χ2v) is 12.0. The number of hydrogen-bond donors (Lipinski definition) is 2. The fraction of sp³-hybridized carbons (Fsp3) is 0.441. The number of anilines is 1. The summed E-state index contributed by atoms with van der Waals surface area (Å²) in [4.78, 5) is 51.5. The van der Waals surface area contributed by atoms with Crippen molar-refractivity contribution in [3.05, 3.63) is 82.6 Å². The van der Waals surface area contributed by atoms with E-state index in [4.69, 9.17) is 4.99 Å². The van der Waals surface area contributed by atoms with Crippen molar-refractivity contribution in [3.8, 4) is 0 Å². The van der Waals surface area contributed by atoms with Gasteiger partial charge < -0.3 is 15.5 Å². The minimum atomic E-state index is -0.660. The quantitative estimate of drug-likeness (QED) is 0.507. The number of carbonyl (C=O) groups is 3. The van der Waals surface area contributed by atoms with Gasteiger partial charge in [-0.3, -0.25) is 19.4 Å². The number of hydrogen-bond acceptors (Lipinski definition) is 5. The Labute approximate surface area is 247 Å². The second kappa shape index (κ2) is 11.3. The summed E-state index contributed by atoms with van der Waals surface area (Å²) in [6, 6.07) is 11.7. The van der Waals surface area contributed by atoms with Gasteiger partial charge in [-0.2, -0.15) is 0 Å². The second-order valence-electron chi connectivity index (χ2n) is 12.0. The Bertz CT molecular complexity index is 1510. The lowest BCUT2D eigenvalue weighted by Crippen LogP contribution is -2.51. The van der Waals surface area contributed by atoms with Crippen molar-refractivity contribution in [2.45, 2.75) is 82.7 Å². The predicted molar refractivity (Wildman–Crippen MR) is 163 cm³/mol. The first-order valence-electron chi connectivity index (χ1n) is 15.3. The average molecular weight is 566 g/mol. The molecule has 2 aliphatic heterocycles. The normalized spacial score (nSPS) is 24.8. The highest BCUT2D eigenvalue weighted by Crippen LogP contribution is 2.52. The van der Waals surface area contributed by atoms with E-state index in [9.17, 15) is 14.4 Å². The molecule has 2 aromatic rings. The van der Waals surface area contributed by atoms with Crippen molar-refractivity contribution in [3.63, 3.8) is 0 Å². The van der Waals surface area contributed by atoms with Crippen LogP contribution in [0, 0.1) is 6.92 Å². The molecule has 8 heteroatoms. The van der Waals surface area contributed by atoms with E-state index in [1.807, 2.05) is 49.4 Å². The minimum absolute atomic E-state index is 0.0173. The van der Waals surface area contributed by atoms with Gasteiger partial charge in [0.15, 0.2) is 0 Å². The first-order chi connectivity index (χ1) is 20.4. The zero-order chi connectivity index (χ0) is 29.3. The summed E-state index contributed by atoms with van der Waals surface area (Å²) in [5.41, 5.74) is 4.16. The molecule has 0 radical (unpaired) electrons. The molecule has 4 aliphatic rings. The number of aromatic nitrogens is 1. The first-order valence-corrected chi connectivity index (χ1v) is 15.3. The van der Waals surface area contributed by atoms with Gasteiger partial charge in [0.05, 0.1) is 5.41 Å². The lowest BCUT2D eigenvalue weighted by atomic mass is 9.80. The lowest BCUT2D eigenvalue weighted by molar-refractivity contribution is -0.135. The molecule has 2 fully saturated rings. The Morgan fingerprint density at radius 2 is 1.76 bits per heavy atom. The molecule has 2 N–H and O–H groups in total. The fourth-order valence-corrected chi connectivity index (χ4v) is 7.21. The third kappa shape index (κ3) is 4.86. The van der Waals surface area contributed by atoms with Crippen LogP contribution >= 0.6 is 0 Å². The van der Waals surface area contributed by atoms with Crippen molar-refractivity contribution in [2.24, 2.45) is 4.99 Å². The van der Waals surface area contributed by atoms with Crippen molar-refractivity contribution >= 4 is 29.3 Å². The van der Waals surface area contributed by atoms with E-state index in [0.717, 1.165) is 72.8 Å². The van der Waals surface area contributed by atoms with Crippen LogP contribution in [0.3, 0.4) is 0 Å². The van der Waals surface area contributed by atoms with Gasteiger partial charge in [0.25, 0.3) is 5.91 Å². The Balaban J connectivity index is 1.18. The Morgan fingerprint density at radius 1 is 1.02 bits per heavy atom. The molecule has 2 saturated carbocycles. The van der Waals surface area contributed by atoms with Gasteiger partial charge in [-0.15, -0.1) is 0 Å². The molecule has 2 aliphatic carbocycles. The maximum Gasteiger partial charge on any atom is 0.275 e. The van der Waals surface area contributed by atoms with E-state index in [1.54, 1.807) is 11.1 Å². The molecule has 0 saturated heterocycles. The Morgan fingerprint density at radius 3 is 2.50 bits per heavy atom. The monoisotopic (exact) mass is 565 g/mol. The molecule has 2 spiro atoms. The van der Waals surface area contributed by atoms with Crippen molar-refractivity contribution in [2.75, 3.05) is 18.4 Å². The molecule has 8 nitrogen and oxygen atoms in total. The average Bonchev–Trinajstić information content (AvgIpc) is 3.47. The van der Waals surface area contributed by atoms with Crippen LogP contribution in [0.2, 0.25) is 0 Å². The summed E-state index contributed by atoms with van der Waals surface area (Å²) in [6.45, 7) is 4.38. The fourth-order valence-electron chi connectivity index (χ4n) is 7.21. The molecule has 218 valence electrons. The van der Waals surface area contributed by atoms with E-state index in [1.165, 1.54) is 0 Å². The van der Waals surface area contributed by atoms with Crippen LogP contribution in [-0.4, -0.2) is 52.1 Å². The van der Waals surface area contributed by atoms with E-state index in [2.05, 4.69) is 28.6 Å². The van der Waals surface area contributed by atoms with Crippen molar-refractivity contribution in [1.29, 1.82) is 0 Å². The smallest absolute Gasteiger partial charge is 0.275 e. The number of allylic oxidation sites excluding steroid dienone is 3. The van der Waals surface area contributed by atoms with Crippen molar-refractivity contribution < 1.29 is 14.4 Å². The highest BCUT2D eigenvalue weighted by atomic mass is 16.2. The van der Waals surface area contributed by atoms with Gasteiger partial charge in [0.2, 0.25) is 11.8 Å². The topological polar surface area (TPSA) is 104 Å². The van der Waals surface area contributed by atoms with Gasteiger partial charge in [-0.1, -0.05) is 62.2 Å². The van der Waals surface area contributed by atoms with Gasteiger partial charge in [-0.25, -0.2) is 4.98 Å². The maximum absolute atomic E-state index is 13.8. The number of pyridine rings is 1. The molecule has 3 amide bonds. The van der Waals surface area contributed by atoms with E-state index in [0.29, 0.717) is 30.9 Å². The summed E-state index contributed by atoms with van der Waals surface area (Å²) < 4.78 is 0. The Hall–Kier alpha value is -4.07. The predicted octanol–water partition coefficient (Wildman–Crippen LogP) is 5.13.